The Morgan fingerprint density at radius 2 is 1.81 bits per heavy atom. The van der Waals surface area contributed by atoms with Crippen molar-refractivity contribution in [2.45, 2.75) is 10.9 Å². The van der Waals surface area contributed by atoms with Gasteiger partial charge in [-0.3, -0.25) is 4.79 Å². The van der Waals surface area contributed by atoms with Crippen molar-refractivity contribution in [2.24, 2.45) is 0 Å². The van der Waals surface area contributed by atoms with Crippen LogP contribution >= 0.6 is 0 Å². The van der Waals surface area contributed by atoms with Crippen LogP contribution in [0.25, 0.3) is 0 Å². The second-order valence-electron chi connectivity index (χ2n) is 6.14. The molecule has 27 heavy (non-hydrogen) atoms. The van der Waals surface area contributed by atoms with Gasteiger partial charge in [0.25, 0.3) is 0 Å². The van der Waals surface area contributed by atoms with Gasteiger partial charge in [0.15, 0.2) is 11.5 Å². The van der Waals surface area contributed by atoms with E-state index in [-0.39, 0.29) is 23.5 Å². The number of hydrogen-bond acceptors (Lipinski definition) is 5. The molecule has 9 heteroatoms. The van der Waals surface area contributed by atoms with E-state index in [4.69, 9.17) is 9.47 Å². The summed E-state index contributed by atoms with van der Waals surface area (Å²) in [5.74, 6) is -0.414. The van der Waals surface area contributed by atoms with Gasteiger partial charge in [0.2, 0.25) is 15.9 Å². The van der Waals surface area contributed by atoms with Crippen LogP contribution in [0.1, 0.15) is 11.6 Å². The standard InChI is InChI=1S/C18H17FN2O5S/c19-14-4-2-1-3-13(14)17-18(22)20-7-8-21(17)27(23,24)12-5-6-15-16(11-12)26-10-9-25-15/h1-6,11,17H,7-10H2,(H,20,22). The van der Waals surface area contributed by atoms with Crippen LogP contribution in [-0.4, -0.2) is 44.9 Å². The summed E-state index contributed by atoms with van der Waals surface area (Å²) in [4.78, 5) is 12.4. The number of nitrogens with zero attached hydrogens (tertiary/aromatic N) is 1. The number of rotatable bonds is 3. The Bertz CT molecular complexity index is 995. The second-order valence-corrected chi connectivity index (χ2v) is 8.03. The van der Waals surface area contributed by atoms with Crippen LogP contribution < -0.4 is 14.8 Å². The lowest BCUT2D eigenvalue weighted by Crippen LogP contribution is -2.52. The predicted molar refractivity (Wildman–Crippen MR) is 93.5 cm³/mol. The second kappa shape index (κ2) is 6.82. The van der Waals surface area contributed by atoms with Crippen LogP contribution in [0, 0.1) is 5.82 Å². The van der Waals surface area contributed by atoms with E-state index in [0.29, 0.717) is 24.7 Å². The number of amides is 1. The van der Waals surface area contributed by atoms with Crippen LogP contribution in [0.3, 0.4) is 0 Å². The van der Waals surface area contributed by atoms with Crippen molar-refractivity contribution in [3.05, 3.63) is 53.8 Å². The third-order valence-electron chi connectivity index (χ3n) is 4.49. The van der Waals surface area contributed by atoms with E-state index in [1.54, 1.807) is 6.07 Å². The van der Waals surface area contributed by atoms with Crippen LogP contribution in [0.15, 0.2) is 47.4 Å². The van der Waals surface area contributed by atoms with E-state index in [0.717, 1.165) is 4.31 Å². The Labute approximate surface area is 155 Å². The van der Waals surface area contributed by atoms with Crippen LogP contribution in [0.2, 0.25) is 0 Å². The lowest BCUT2D eigenvalue weighted by molar-refractivity contribution is -0.127. The smallest absolute Gasteiger partial charge is 0.244 e. The van der Waals surface area contributed by atoms with Crippen molar-refractivity contribution in [2.75, 3.05) is 26.3 Å². The third-order valence-corrected chi connectivity index (χ3v) is 6.35. The van der Waals surface area contributed by atoms with Gasteiger partial charge in [-0.25, -0.2) is 12.8 Å². The van der Waals surface area contributed by atoms with E-state index < -0.39 is 27.8 Å². The highest BCUT2D eigenvalue weighted by Gasteiger charge is 2.41. The maximum absolute atomic E-state index is 14.3. The van der Waals surface area contributed by atoms with E-state index in [2.05, 4.69) is 5.32 Å². The minimum Gasteiger partial charge on any atom is -0.486 e. The summed E-state index contributed by atoms with van der Waals surface area (Å²) < 4.78 is 52.7. The zero-order valence-electron chi connectivity index (χ0n) is 14.2. The molecule has 0 radical (unpaired) electrons. The fraction of sp³-hybridized carbons (Fsp3) is 0.278. The summed E-state index contributed by atoms with van der Waals surface area (Å²) in [6, 6.07) is 8.67. The van der Waals surface area contributed by atoms with Gasteiger partial charge in [0.05, 0.1) is 4.90 Å². The number of hydrogen-bond donors (Lipinski definition) is 1. The lowest BCUT2D eigenvalue weighted by atomic mass is 10.0. The first-order chi connectivity index (χ1) is 13.0. The molecule has 7 nitrogen and oxygen atoms in total. The van der Waals surface area contributed by atoms with Crippen molar-refractivity contribution in [3.63, 3.8) is 0 Å². The van der Waals surface area contributed by atoms with E-state index in [1.165, 1.54) is 36.4 Å². The molecular weight excluding hydrogens is 375 g/mol. The summed E-state index contributed by atoms with van der Waals surface area (Å²) in [6.07, 6.45) is 0. The van der Waals surface area contributed by atoms with Crippen LogP contribution in [-0.2, 0) is 14.8 Å². The molecule has 0 saturated carbocycles. The number of fused-ring (bicyclic) bond motifs is 1. The molecule has 1 atom stereocenters. The lowest BCUT2D eigenvalue weighted by Gasteiger charge is -2.34. The van der Waals surface area contributed by atoms with Gasteiger partial charge in [-0.1, -0.05) is 18.2 Å². The zero-order valence-corrected chi connectivity index (χ0v) is 15.0. The first-order valence-electron chi connectivity index (χ1n) is 8.42. The van der Waals surface area contributed by atoms with Gasteiger partial charge in [0.1, 0.15) is 25.1 Å². The highest BCUT2D eigenvalue weighted by molar-refractivity contribution is 7.89. The normalized spacial score (nSPS) is 20.2. The number of carbonyl (C=O) groups is 1. The molecule has 1 amide bonds. The number of benzene rings is 2. The number of carbonyl (C=O) groups excluding carboxylic acids is 1. The highest BCUT2D eigenvalue weighted by atomic mass is 32.2. The molecule has 2 aromatic carbocycles. The molecule has 2 aromatic rings. The SMILES string of the molecule is O=C1NCCN(S(=O)(=O)c2ccc3c(c2)OCCO3)C1c1ccccc1F. The number of nitrogens with one attached hydrogen (secondary N) is 1. The zero-order chi connectivity index (χ0) is 19.0. The Kier molecular flexibility index (Phi) is 4.48. The molecule has 2 aliphatic heterocycles. The molecule has 0 spiro atoms. The summed E-state index contributed by atoms with van der Waals surface area (Å²) in [5, 5.41) is 2.60. The molecule has 1 unspecified atom stereocenters. The van der Waals surface area contributed by atoms with Gasteiger partial charge >= 0.3 is 0 Å². The molecule has 0 bridgehead atoms. The quantitative estimate of drug-likeness (QED) is 0.855. The molecule has 1 fully saturated rings. The summed E-state index contributed by atoms with van der Waals surface area (Å²) in [7, 11) is -4.07. The van der Waals surface area contributed by atoms with E-state index >= 15 is 0 Å². The first kappa shape index (κ1) is 17.7. The molecule has 0 aromatic heterocycles. The molecule has 4 rings (SSSR count). The molecule has 142 valence electrons. The maximum atomic E-state index is 14.3. The Morgan fingerprint density at radius 1 is 1.07 bits per heavy atom. The molecule has 1 N–H and O–H groups in total. The Hall–Kier alpha value is -2.65. The fourth-order valence-corrected chi connectivity index (χ4v) is 4.80. The van der Waals surface area contributed by atoms with Gasteiger partial charge < -0.3 is 14.8 Å². The van der Waals surface area contributed by atoms with Crippen LogP contribution in [0.4, 0.5) is 4.39 Å². The van der Waals surface area contributed by atoms with Crippen molar-refractivity contribution in [3.8, 4) is 11.5 Å². The molecular formula is C18H17FN2O5S. The minimum atomic E-state index is -4.07. The largest absolute Gasteiger partial charge is 0.486 e. The van der Waals surface area contributed by atoms with E-state index in [9.17, 15) is 17.6 Å². The predicted octanol–water partition coefficient (Wildman–Crippen LogP) is 1.46. The number of ether oxygens (including phenoxy) is 2. The third kappa shape index (κ3) is 3.13. The van der Waals surface area contributed by atoms with Gasteiger partial charge in [-0.15, -0.1) is 0 Å². The highest BCUT2D eigenvalue weighted by Crippen LogP contribution is 2.36. The number of halogens is 1. The maximum Gasteiger partial charge on any atom is 0.244 e. The summed E-state index contributed by atoms with van der Waals surface area (Å²) in [6.45, 7) is 0.885. The molecule has 0 aliphatic carbocycles. The Balaban J connectivity index is 1.77. The summed E-state index contributed by atoms with van der Waals surface area (Å²) in [5.41, 5.74) is 0.0100. The average molecular weight is 392 g/mol. The Morgan fingerprint density at radius 3 is 2.59 bits per heavy atom. The van der Waals surface area contributed by atoms with Gasteiger partial charge in [-0.2, -0.15) is 4.31 Å². The van der Waals surface area contributed by atoms with Gasteiger partial charge in [0, 0.05) is 24.7 Å². The molecule has 2 heterocycles. The molecule has 2 aliphatic rings. The van der Waals surface area contributed by atoms with Crippen molar-refractivity contribution in [1.29, 1.82) is 0 Å². The van der Waals surface area contributed by atoms with Crippen LogP contribution in [0.5, 0.6) is 11.5 Å². The van der Waals surface area contributed by atoms with Crippen molar-refractivity contribution >= 4 is 15.9 Å². The topological polar surface area (TPSA) is 84.9 Å². The van der Waals surface area contributed by atoms with Gasteiger partial charge in [-0.05, 0) is 18.2 Å². The number of sulfonamides is 1. The van der Waals surface area contributed by atoms with Crippen molar-refractivity contribution in [1.82, 2.24) is 9.62 Å². The molecule has 1 saturated heterocycles. The summed E-state index contributed by atoms with van der Waals surface area (Å²) >= 11 is 0. The fourth-order valence-electron chi connectivity index (χ4n) is 3.22. The monoisotopic (exact) mass is 392 g/mol. The first-order valence-corrected chi connectivity index (χ1v) is 9.86. The minimum absolute atomic E-state index is 0.0100. The van der Waals surface area contributed by atoms with E-state index in [1.807, 2.05) is 0 Å². The van der Waals surface area contributed by atoms with Crippen molar-refractivity contribution < 1.29 is 27.1 Å². The number of piperazine rings is 1. The average Bonchev–Trinajstić information content (AvgIpc) is 2.68.